The van der Waals surface area contributed by atoms with Crippen molar-refractivity contribution in [1.29, 1.82) is 0 Å². The highest BCUT2D eigenvalue weighted by atomic mass is 16.7. The summed E-state index contributed by atoms with van der Waals surface area (Å²) in [5.41, 5.74) is 0. The molecule has 5 unspecified atom stereocenters. The molecule has 0 aromatic heterocycles. The zero-order valence-electron chi connectivity index (χ0n) is 44.3. The van der Waals surface area contributed by atoms with Gasteiger partial charge in [-0.2, -0.15) is 5.06 Å². The number of carbonyl (C=O) groups excluding carboxylic acids is 15. The van der Waals surface area contributed by atoms with E-state index in [2.05, 4.69) is 47.9 Å². The Balaban J connectivity index is 0.00000211. The highest BCUT2D eigenvalue weighted by Gasteiger charge is 2.35. The van der Waals surface area contributed by atoms with E-state index in [9.17, 15) is 77.0 Å². The molecule has 11 amide bonds. The summed E-state index contributed by atoms with van der Waals surface area (Å²) in [4.78, 5) is 181. The molecule has 29 nitrogen and oxygen atoms in total. The first-order chi connectivity index (χ1) is 36.0. The molecular weight excluding hydrogens is 1000 g/mol. The number of hydrogen-bond acceptors (Lipinski definition) is 19. The maximum atomic E-state index is 12.3. The van der Waals surface area contributed by atoms with Gasteiger partial charge in [-0.3, -0.25) is 57.6 Å². The molecule has 5 atom stereocenters. The van der Waals surface area contributed by atoms with E-state index in [-0.39, 0.29) is 133 Å². The number of carbonyl (C=O) groups is 15. The molecule has 10 N–H and O–H groups in total. The van der Waals surface area contributed by atoms with E-state index < -0.39 is 72.1 Å². The number of nitrogens with one attached hydrogen (secondary N) is 9. The summed E-state index contributed by atoms with van der Waals surface area (Å²) in [6, 6.07) is -1.99. The molecule has 29 heteroatoms. The number of aldehydes is 3. The lowest BCUT2D eigenvalue weighted by molar-refractivity contribution is -0.192. The van der Waals surface area contributed by atoms with Crippen molar-refractivity contribution >= 4 is 89.8 Å². The van der Waals surface area contributed by atoms with E-state index >= 15 is 0 Å². The number of hydroxylamine groups is 2. The fourth-order valence-corrected chi connectivity index (χ4v) is 6.61. The highest BCUT2D eigenvalue weighted by molar-refractivity contribution is 6.03. The molecule has 0 aromatic rings. The van der Waals surface area contributed by atoms with Gasteiger partial charge in [0.05, 0.1) is 39.0 Å². The Bertz CT molecular complexity index is 1980. The van der Waals surface area contributed by atoms with E-state index in [1.165, 1.54) is 37.7 Å². The number of likely N-dealkylation sites (tertiary alicyclic amines) is 1. The van der Waals surface area contributed by atoms with Crippen molar-refractivity contribution in [3.8, 4) is 0 Å². The van der Waals surface area contributed by atoms with Crippen molar-refractivity contribution in [3.05, 3.63) is 0 Å². The van der Waals surface area contributed by atoms with Crippen LogP contribution in [0.15, 0.2) is 0 Å². The molecule has 1 aliphatic heterocycles. The minimum Gasteiger partial charge on any atom is -0.385 e. The third-order valence-corrected chi connectivity index (χ3v) is 10.9. The van der Waals surface area contributed by atoms with Crippen LogP contribution in [0, 0.1) is 5.92 Å². The van der Waals surface area contributed by atoms with Crippen LogP contribution in [-0.4, -0.2) is 214 Å². The highest BCUT2D eigenvalue weighted by Crippen LogP contribution is 2.19. The van der Waals surface area contributed by atoms with Gasteiger partial charge in [-0.05, 0) is 53.0 Å². The van der Waals surface area contributed by atoms with Crippen molar-refractivity contribution < 1.29 is 81.9 Å². The van der Waals surface area contributed by atoms with Gasteiger partial charge in [0.25, 0.3) is 5.91 Å². The summed E-state index contributed by atoms with van der Waals surface area (Å²) < 4.78 is 0. The first-order valence-corrected chi connectivity index (χ1v) is 24.9. The number of aliphatic hydroxyl groups excluding tert-OH is 1. The Morgan fingerprint density at radius 2 is 1.33 bits per heavy atom. The number of nitrogens with zero attached hydrogens (tertiary/aromatic N) is 3. The second kappa shape index (κ2) is 40.1. The molecule has 0 radical (unpaired) electrons. The van der Waals surface area contributed by atoms with Gasteiger partial charge >= 0.3 is 5.97 Å². The fourth-order valence-electron chi connectivity index (χ4n) is 6.61. The molecule has 1 rings (SSSR count). The normalized spacial score (nSPS) is 14.1. The Kier molecular flexibility index (Phi) is 36.3. The molecule has 1 saturated heterocycles. The molecule has 0 saturated carbocycles. The van der Waals surface area contributed by atoms with Gasteiger partial charge in [0.1, 0.15) is 37.0 Å². The molecule has 1 aliphatic rings. The molecule has 76 heavy (non-hydrogen) atoms. The van der Waals surface area contributed by atoms with Crippen LogP contribution in [0.25, 0.3) is 0 Å². The summed E-state index contributed by atoms with van der Waals surface area (Å²) in [5.74, 6) is -5.47. The predicted octanol–water partition coefficient (Wildman–Crippen LogP) is -5.24. The average molecular weight is 1080 g/mol. The molecular formula is C47H78N12O17. The SMILES string of the molecule is CC1CC(=O)N(CCCC(=O)NC(C)C(=O)NCC=O)C1=O.CNCC(=O)NC(CCCCNC(=O)CNC(=O)CNC(=O)C(C)NC(=O)CCCN(C)C(=O)CC(O)C=O)CNCCC(=O)ON(C)C(=O)CCC=O. The van der Waals surface area contributed by atoms with Crippen LogP contribution in [0.5, 0.6) is 0 Å². The largest absolute Gasteiger partial charge is 0.385 e. The van der Waals surface area contributed by atoms with Crippen molar-refractivity contribution in [3.63, 3.8) is 0 Å². The first-order valence-electron chi connectivity index (χ1n) is 24.9. The smallest absolute Gasteiger partial charge is 0.333 e. The number of likely N-dealkylation sites (N-methyl/N-ethyl adjacent to an activating group) is 1. The van der Waals surface area contributed by atoms with Crippen LogP contribution in [0.1, 0.15) is 97.8 Å². The lowest BCUT2D eigenvalue weighted by Crippen LogP contribution is -2.48. The van der Waals surface area contributed by atoms with Crippen molar-refractivity contribution in [2.45, 2.75) is 122 Å². The van der Waals surface area contributed by atoms with E-state index in [1.54, 1.807) is 14.0 Å². The quantitative estimate of drug-likeness (QED) is 0.0120. The summed E-state index contributed by atoms with van der Waals surface area (Å²) in [7, 11) is 4.39. The molecule has 1 fully saturated rings. The number of amides is 11. The number of hydrogen-bond donors (Lipinski definition) is 10. The summed E-state index contributed by atoms with van der Waals surface area (Å²) in [6.45, 7) is 5.15. The van der Waals surface area contributed by atoms with Crippen LogP contribution in [0.4, 0.5) is 0 Å². The topological polar surface area (TPSA) is 404 Å². The second-order valence-corrected chi connectivity index (χ2v) is 17.6. The summed E-state index contributed by atoms with van der Waals surface area (Å²) >= 11 is 0. The maximum Gasteiger partial charge on any atom is 0.333 e. The number of imide groups is 1. The van der Waals surface area contributed by atoms with Gasteiger partial charge in [-0.25, -0.2) is 4.79 Å². The van der Waals surface area contributed by atoms with Gasteiger partial charge < -0.3 is 77.1 Å². The number of aliphatic hydroxyl groups is 1. The van der Waals surface area contributed by atoms with E-state index in [1.807, 2.05) is 0 Å². The zero-order chi connectivity index (χ0) is 57.6. The Hall–Kier alpha value is -7.27. The van der Waals surface area contributed by atoms with Gasteiger partial charge in [-0.1, -0.05) is 6.92 Å². The van der Waals surface area contributed by atoms with Gasteiger partial charge in [0.2, 0.25) is 59.1 Å². The van der Waals surface area contributed by atoms with Crippen molar-refractivity contribution in [1.82, 2.24) is 62.7 Å². The van der Waals surface area contributed by atoms with E-state index in [0.29, 0.717) is 51.3 Å². The third-order valence-electron chi connectivity index (χ3n) is 10.9. The van der Waals surface area contributed by atoms with Crippen LogP contribution < -0.4 is 47.9 Å². The molecule has 0 aromatic carbocycles. The van der Waals surface area contributed by atoms with Gasteiger partial charge in [0.15, 0.2) is 0 Å². The Labute approximate surface area is 441 Å². The second-order valence-electron chi connectivity index (χ2n) is 17.6. The van der Waals surface area contributed by atoms with Crippen LogP contribution >= 0.6 is 0 Å². The van der Waals surface area contributed by atoms with Gasteiger partial charge in [0, 0.05) is 90.9 Å². The number of rotatable bonds is 37. The van der Waals surface area contributed by atoms with Crippen LogP contribution in [-0.2, 0) is 76.8 Å². The minimum atomic E-state index is -1.39. The average Bonchev–Trinajstić information content (AvgIpc) is 3.61. The van der Waals surface area contributed by atoms with Gasteiger partial charge in [-0.15, -0.1) is 0 Å². The lowest BCUT2D eigenvalue weighted by atomic mass is 10.1. The van der Waals surface area contributed by atoms with Crippen LogP contribution in [0.2, 0.25) is 0 Å². The number of unbranched alkanes of at least 4 members (excludes halogenated alkanes) is 1. The predicted molar refractivity (Wildman–Crippen MR) is 268 cm³/mol. The fraction of sp³-hybridized carbons (Fsp3) is 0.681. The molecule has 0 spiro atoms. The maximum absolute atomic E-state index is 12.3. The third kappa shape index (κ3) is 32.1. The van der Waals surface area contributed by atoms with Crippen LogP contribution in [0.3, 0.4) is 0 Å². The van der Waals surface area contributed by atoms with E-state index in [4.69, 9.17) is 4.84 Å². The van der Waals surface area contributed by atoms with Crippen molar-refractivity contribution in [2.24, 2.45) is 5.92 Å². The molecule has 0 aliphatic carbocycles. The lowest BCUT2D eigenvalue weighted by Gasteiger charge is -2.20. The first kappa shape index (κ1) is 68.7. The molecule has 1 heterocycles. The molecule has 428 valence electrons. The Morgan fingerprint density at radius 1 is 0.711 bits per heavy atom. The summed E-state index contributed by atoms with van der Waals surface area (Å²) in [5, 5.41) is 33.5. The summed E-state index contributed by atoms with van der Waals surface area (Å²) in [6.07, 6.45) is 2.28. The Morgan fingerprint density at radius 3 is 1.92 bits per heavy atom. The zero-order valence-corrected chi connectivity index (χ0v) is 44.3. The van der Waals surface area contributed by atoms with Crippen molar-refractivity contribution in [2.75, 3.05) is 80.0 Å². The monoisotopic (exact) mass is 1080 g/mol. The standard InChI is InChI=1S/C33H57N9O12.C14H21N3O5/c1-23(39-26(46)10-7-15-41(3)31(51)17-25(45)22-44)33(53)38-21-28(48)37-20-27(47)36-13-6-5-9-24(40-29(49)19-34-2)18-35-14-12-32(52)54-42(4)30(50)11-8-16-43;1-9-8-12(20)17(14(9)22)6-3-4-11(19)16-10(2)13(21)15-5-7-18/h16,22-25,34-35,45H,5-15,17-21H2,1-4H3,(H,36,47)(H,37,48)(H,38,53)(H,39,46)(H,40,49);7,9-10H,3-6,8H2,1-2H3,(H,15,21)(H,16,19). The van der Waals surface area contributed by atoms with E-state index in [0.717, 1.165) is 5.06 Å². The minimum absolute atomic E-state index is 0.00206. The molecule has 0 bridgehead atoms.